The monoisotopic (exact) mass is 301 g/mol. The van der Waals surface area contributed by atoms with Crippen LogP contribution in [0.5, 0.6) is 0 Å². The van der Waals surface area contributed by atoms with Crippen LogP contribution in [0.25, 0.3) is 0 Å². The number of thiocarbonyl (C=S) groups is 1. The topological polar surface area (TPSA) is 43.8 Å². The van der Waals surface area contributed by atoms with Gasteiger partial charge in [-0.3, -0.25) is 15.3 Å². The minimum Gasteiger partial charge on any atom is -0.345 e. The Balaban J connectivity index is 1.84. The van der Waals surface area contributed by atoms with Crippen molar-refractivity contribution in [3.63, 3.8) is 0 Å². The van der Waals surface area contributed by atoms with Gasteiger partial charge in [0.15, 0.2) is 5.11 Å². The summed E-state index contributed by atoms with van der Waals surface area (Å²) >= 11 is 5.37. The summed E-state index contributed by atoms with van der Waals surface area (Å²) in [5.74, 6) is 2.67. The van der Waals surface area contributed by atoms with Crippen molar-refractivity contribution in [1.82, 2.24) is 20.2 Å². The first-order valence-corrected chi connectivity index (χ1v) is 7.28. The molecule has 1 aromatic heterocycles. The van der Waals surface area contributed by atoms with E-state index in [1.165, 1.54) is 0 Å². The highest BCUT2D eigenvalue weighted by Crippen LogP contribution is 2.02. The Morgan fingerprint density at radius 3 is 2.81 bits per heavy atom. The molecule has 1 aromatic rings. The van der Waals surface area contributed by atoms with E-state index < -0.39 is 0 Å². The van der Waals surface area contributed by atoms with Crippen LogP contribution in [0.15, 0.2) is 29.5 Å². The fourth-order valence-electron chi connectivity index (χ4n) is 2.07. The molecule has 1 aliphatic rings. The molecule has 1 aliphatic heterocycles. The van der Waals surface area contributed by atoms with Gasteiger partial charge in [-0.2, -0.15) is 5.10 Å². The van der Waals surface area contributed by atoms with E-state index in [0.717, 1.165) is 37.6 Å². The van der Waals surface area contributed by atoms with E-state index in [1.54, 1.807) is 6.20 Å². The lowest BCUT2D eigenvalue weighted by molar-refractivity contribution is 0.199. The standard InChI is InChI=1S/C15H19N5S/c1-3-8-19-9-11-20(12-10-19)15(21)18-17-13(2)14-6-4-5-7-16-14/h1,4-7H,8-12H2,2H3,(H,18,21)/b17-13-. The zero-order valence-corrected chi connectivity index (χ0v) is 12.9. The normalized spacial score (nSPS) is 16.4. The van der Waals surface area contributed by atoms with Crippen molar-refractivity contribution in [1.29, 1.82) is 0 Å². The zero-order valence-electron chi connectivity index (χ0n) is 12.1. The van der Waals surface area contributed by atoms with Crippen molar-refractivity contribution >= 4 is 23.0 Å². The average Bonchev–Trinajstić information content (AvgIpc) is 2.54. The van der Waals surface area contributed by atoms with Gasteiger partial charge in [0.2, 0.25) is 0 Å². The summed E-state index contributed by atoms with van der Waals surface area (Å²) in [6, 6.07) is 5.73. The van der Waals surface area contributed by atoms with Crippen molar-refractivity contribution in [3.8, 4) is 12.3 Å². The Morgan fingerprint density at radius 1 is 1.43 bits per heavy atom. The Bertz CT molecular complexity index is 541. The van der Waals surface area contributed by atoms with Gasteiger partial charge in [-0.1, -0.05) is 12.0 Å². The van der Waals surface area contributed by atoms with E-state index in [-0.39, 0.29) is 0 Å². The summed E-state index contributed by atoms with van der Waals surface area (Å²) in [4.78, 5) is 8.59. The predicted molar refractivity (Wildman–Crippen MR) is 89.0 cm³/mol. The molecule has 0 spiro atoms. The Labute approximate surface area is 131 Å². The molecule has 0 atom stereocenters. The minimum absolute atomic E-state index is 0.644. The van der Waals surface area contributed by atoms with Crippen LogP contribution in [0, 0.1) is 12.3 Å². The predicted octanol–water partition coefficient (Wildman–Crippen LogP) is 0.931. The van der Waals surface area contributed by atoms with Gasteiger partial charge < -0.3 is 4.90 Å². The molecular formula is C15H19N5S. The molecule has 0 aromatic carbocycles. The molecular weight excluding hydrogens is 282 g/mol. The molecule has 2 rings (SSSR count). The van der Waals surface area contributed by atoms with Crippen molar-refractivity contribution in [2.24, 2.45) is 5.10 Å². The number of hydrazone groups is 1. The first-order chi connectivity index (χ1) is 10.2. The minimum atomic E-state index is 0.644. The first kappa shape index (κ1) is 15.4. The molecule has 0 unspecified atom stereocenters. The van der Waals surface area contributed by atoms with E-state index in [2.05, 4.69) is 31.2 Å². The maximum Gasteiger partial charge on any atom is 0.189 e. The van der Waals surface area contributed by atoms with Crippen molar-refractivity contribution in [3.05, 3.63) is 30.1 Å². The molecule has 5 nitrogen and oxygen atoms in total. The highest BCUT2D eigenvalue weighted by Gasteiger charge is 2.17. The zero-order chi connectivity index (χ0) is 15.1. The summed E-state index contributed by atoms with van der Waals surface area (Å²) < 4.78 is 0. The molecule has 6 heteroatoms. The number of nitrogens with zero attached hydrogens (tertiary/aromatic N) is 4. The second-order valence-corrected chi connectivity index (χ2v) is 5.18. The van der Waals surface area contributed by atoms with E-state index in [4.69, 9.17) is 18.6 Å². The summed E-state index contributed by atoms with van der Waals surface area (Å²) in [6.07, 6.45) is 7.07. The summed E-state index contributed by atoms with van der Waals surface area (Å²) in [6.45, 7) is 6.19. The second kappa shape index (κ2) is 7.72. The third kappa shape index (κ3) is 4.52. The molecule has 21 heavy (non-hydrogen) atoms. The number of hydrogen-bond donors (Lipinski definition) is 1. The van der Waals surface area contributed by atoms with Crippen LogP contribution in [0.3, 0.4) is 0 Å². The van der Waals surface area contributed by atoms with Gasteiger partial charge in [-0.15, -0.1) is 6.42 Å². The van der Waals surface area contributed by atoms with Gasteiger partial charge in [-0.05, 0) is 31.3 Å². The number of nitrogens with one attached hydrogen (secondary N) is 1. The second-order valence-electron chi connectivity index (χ2n) is 4.80. The number of pyridine rings is 1. The largest absolute Gasteiger partial charge is 0.345 e. The molecule has 0 bridgehead atoms. The van der Waals surface area contributed by atoms with Crippen molar-refractivity contribution in [2.75, 3.05) is 32.7 Å². The lowest BCUT2D eigenvalue weighted by atomic mass is 10.3. The average molecular weight is 301 g/mol. The highest BCUT2D eigenvalue weighted by atomic mass is 32.1. The van der Waals surface area contributed by atoms with Crippen LogP contribution >= 0.6 is 12.2 Å². The SMILES string of the molecule is C#CCN1CCN(C(=S)N/N=C(/C)c2ccccn2)CC1. The summed E-state index contributed by atoms with van der Waals surface area (Å²) in [7, 11) is 0. The summed E-state index contributed by atoms with van der Waals surface area (Å²) in [5.41, 5.74) is 4.59. The van der Waals surface area contributed by atoms with Gasteiger partial charge in [-0.25, -0.2) is 0 Å². The van der Waals surface area contributed by atoms with Gasteiger partial charge in [0.1, 0.15) is 0 Å². The Kier molecular flexibility index (Phi) is 5.67. The van der Waals surface area contributed by atoms with Crippen molar-refractivity contribution in [2.45, 2.75) is 6.92 Å². The van der Waals surface area contributed by atoms with E-state index in [1.807, 2.05) is 25.1 Å². The van der Waals surface area contributed by atoms with Crippen LogP contribution in [0.4, 0.5) is 0 Å². The van der Waals surface area contributed by atoms with Crippen LogP contribution in [-0.2, 0) is 0 Å². The molecule has 110 valence electrons. The molecule has 2 heterocycles. The Hall–Kier alpha value is -1.97. The number of piperazine rings is 1. The number of rotatable bonds is 3. The third-order valence-electron chi connectivity index (χ3n) is 3.33. The molecule has 1 saturated heterocycles. The van der Waals surface area contributed by atoms with Gasteiger partial charge in [0, 0.05) is 32.4 Å². The maximum absolute atomic E-state index is 5.37. The molecule has 0 radical (unpaired) electrons. The number of terminal acetylenes is 1. The van der Waals surface area contributed by atoms with Gasteiger partial charge in [0.05, 0.1) is 18.0 Å². The van der Waals surface area contributed by atoms with Gasteiger partial charge >= 0.3 is 0 Å². The van der Waals surface area contributed by atoms with Crippen LogP contribution in [0.1, 0.15) is 12.6 Å². The summed E-state index contributed by atoms with van der Waals surface area (Å²) in [5, 5.41) is 4.94. The molecule has 1 N–H and O–H groups in total. The van der Waals surface area contributed by atoms with E-state index in [0.29, 0.717) is 11.7 Å². The quantitative estimate of drug-likeness (QED) is 0.389. The van der Waals surface area contributed by atoms with Gasteiger partial charge in [0.25, 0.3) is 0 Å². The van der Waals surface area contributed by atoms with E-state index >= 15 is 0 Å². The molecule has 1 fully saturated rings. The van der Waals surface area contributed by atoms with Crippen LogP contribution in [-0.4, -0.2) is 58.3 Å². The lowest BCUT2D eigenvalue weighted by Crippen LogP contribution is -2.50. The molecule has 0 saturated carbocycles. The fourth-order valence-corrected chi connectivity index (χ4v) is 2.30. The fraction of sp³-hybridized carbons (Fsp3) is 0.400. The van der Waals surface area contributed by atoms with Crippen LogP contribution in [0.2, 0.25) is 0 Å². The van der Waals surface area contributed by atoms with Crippen LogP contribution < -0.4 is 5.43 Å². The number of aromatic nitrogens is 1. The smallest absolute Gasteiger partial charge is 0.189 e. The Morgan fingerprint density at radius 2 is 2.19 bits per heavy atom. The number of hydrogen-bond acceptors (Lipinski definition) is 4. The van der Waals surface area contributed by atoms with Crippen molar-refractivity contribution < 1.29 is 0 Å². The first-order valence-electron chi connectivity index (χ1n) is 6.87. The third-order valence-corrected chi connectivity index (χ3v) is 3.68. The highest BCUT2D eigenvalue weighted by molar-refractivity contribution is 7.80. The molecule has 0 amide bonds. The van der Waals surface area contributed by atoms with E-state index in [9.17, 15) is 0 Å². The maximum atomic E-state index is 5.37. The molecule has 0 aliphatic carbocycles. The lowest BCUT2D eigenvalue weighted by Gasteiger charge is -2.34.